The number of ether oxygens (including phenoxy) is 1. The average molecular weight is 443 g/mol. The second-order valence-corrected chi connectivity index (χ2v) is 7.28. The summed E-state index contributed by atoms with van der Waals surface area (Å²) in [5.74, 6) is -1.15. The molecule has 0 aliphatic carbocycles. The molecule has 168 valence electrons. The van der Waals surface area contributed by atoms with Gasteiger partial charge in [-0.05, 0) is 48.4 Å². The lowest BCUT2D eigenvalue weighted by Crippen LogP contribution is -2.44. The SMILES string of the molecule is CCOC(=O)c1ccc(NC(=O)[C@H](Cc2ccccc2)NC(=O)/C=C\c2ccccc2)cc1. The number of amides is 2. The topological polar surface area (TPSA) is 84.5 Å². The molecule has 0 spiro atoms. The van der Waals surface area contributed by atoms with Crippen molar-refractivity contribution in [3.63, 3.8) is 0 Å². The zero-order valence-electron chi connectivity index (χ0n) is 18.4. The highest BCUT2D eigenvalue weighted by atomic mass is 16.5. The molecule has 0 saturated heterocycles. The Morgan fingerprint density at radius 2 is 1.52 bits per heavy atom. The van der Waals surface area contributed by atoms with Gasteiger partial charge in [0.1, 0.15) is 6.04 Å². The van der Waals surface area contributed by atoms with Crippen molar-refractivity contribution in [1.82, 2.24) is 5.32 Å². The summed E-state index contributed by atoms with van der Waals surface area (Å²) in [6.45, 7) is 2.03. The number of hydrogen-bond donors (Lipinski definition) is 2. The van der Waals surface area contributed by atoms with Gasteiger partial charge in [0, 0.05) is 18.2 Å². The van der Waals surface area contributed by atoms with Crippen LogP contribution in [0.15, 0.2) is 91.0 Å². The van der Waals surface area contributed by atoms with E-state index in [4.69, 9.17) is 4.74 Å². The molecule has 0 heterocycles. The van der Waals surface area contributed by atoms with Gasteiger partial charge in [-0.1, -0.05) is 60.7 Å². The van der Waals surface area contributed by atoms with Crippen LogP contribution in [-0.2, 0) is 20.7 Å². The average Bonchev–Trinajstić information content (AvgIpc) is 2.84. The van der Waals surface area contributed by atoms with E-state index in [1.807, 2.05) is 60.7 Å². The van der Waals surface area contributed by atoms with Crippen molar-refractivity contribution in [2.75, 3.05) is 11.9 Å². The van der Waals surface area contributed by atoms with Crippen LogP contribution in [0.4, 0.5) is 5.69 Å². The molecule has 6 nitrogen and oxygen atoms in total. The predicted molar refractivity (Wildman–Crippen MR) is 129 cm³/mol. The van der Waals surface area contributed by atoms with Crippen LogP contribution in [0.1, 0.15) is 28.4 Å². The second kappa shape index (κ2) is 12.0. The Morgan fingerprint density at radius 3 is 2.15 bits per heavy atom. The number of carbonyl (C=O) groups excluding carboxylic acids is 3. The summed E-state index contributed by atoms with van der Waals surface area (Å²) >= 11 is 0. The van der Waals surface area contributed by atoms with Gasteiger partial charge >= 0.3 is 5.97 Å². The molecule has 0 aliphatic heterocycles. The Kier molecular flexibility index (Phi) is 8.54. The summed E-state index contributed by atoms with van der Waals surface area (Å²) in [4.78, 5) is 37.3. The lowest BCUT2D eigenvalue weighted by Gasteiger charge is -2.18. The van der Waals surface area contributed by atoms with Crippen molar-refractivity contribution in [3.05, 3.63) is 108 Å². The summed E-state index contributed by atoms with van der Waals surface area (Å²) in [6.07, 6.45) is 3.44. The van der Waals surface area contributed by atoms with Crippen LogP contribution in [0.25, 0.3) is 6.08 Å². The molecule has 3 rings (SSSR count). The number of hydrogen-bond acceptors (Lipinski definition) is 4. The Morgan fingerprint density at radius 1 is 0.879 bits per heavy atom. The molecule has 0 fully saturated rings. The van der Waals surface area contributed by atoms with E-state index in [1.165, 1.54) is 6.08 Å². The van der Waals surface area contributed by atoms with Gasteiger partial charge in [-0.3, -0.25) is 9.59 Å². The zero-order valence-corrected chi connectivity index (χ0v) is 18.4. The summed E-state index contributed by atoms with van der Waals surface area (Å²) < 4.78 is 4.97. The molecule has 0 saturated carbocycles. The van der Waals surface area contributed by atoms with Crippen molar-refractivity contribution in [1.29, 1.82) is 0 Å². The molecule has 0 unspecified atom stereocenters. The van der Waals surface area contributed by atoms with Crippen LogP contribution in [0.3, 0.4) is 0 Å². The first-order chi connectivity index (χ1) is 16.0. The van der Waals surface area contributed by atoms with E-state index in [2.05, 4.69) is 10.6 Å². The largest absolute Gasteiger partial charge is 0.462 e. The van der Waals surface area contributed by atoms with Gasteiger partial charge in [-0.15, -0.1) is 0 Å². The minimum Gasteiger partial charge on any atom is -0.462 e. The van der Waals surface area contributed by atoms with Crippen molar-refractivity contribution >= 4 is 29.5 Å². The number of carbonyl (C=O) groups is 3. The zero-order chi connectivity index (χ0) is 23.5. The quantitative estimate of drug-likeness (QED) is 0.383. The molecule has 0 aromatic heterocycles. The maximum Gasteiger partial charge on any atom is 0.338 e. The minimum absolute atomic E-state index is 0.289. The van der Waals surface area contributed by atoms with Crippen LogP contribution in [0.5, 0.6) is 0 Å². The van der Waals surface area contributed by atoms with Crippen molar-refractivity contribution in [2.24, 2.45) is 0 Å². The third-order valence-electron chi connectivity index (χ3n) is 4.81. The summed E-state index contributed by atoms with van der Waals surface area (Å²) in [7, 11) is 0. The number of benzene rings is 3. The van der Waals surface area contributed by atoms with E-state index in [0.29, 0.717) is 17.7 Å². The highest BCUT2D eigenvalue weighted by Gasteiger charge is 2.21. The standard InChI is InChI=1S/C27H26N2O4/c1-2-33-27(32)22-14-16-23(17-15-22)28-26(31)24(19-21-11-7-4-8-12-21)29-25(30)18-13-20-9-5-3-6-10-20/h3-18,24H,2,19H2,1H3,(H,28,31)(H,29,30)/b18-13-/t24-/m0/s1. The smallest absolute Gasteiger partial charge is 0.338 e. The third-order valence-corrected chi connectivity index (χ3v) is 4.81. The van der Waals surface area contributed by atoms with Gasteiger partial charge in [0.15, 0.2) is 0 Å². The van der Waals surface area contributed by atoms with E-state index < -0.39 is 12.0 Å². The van der Waals surface area contributed by atoms with Crippen LogP contribution in [0.2, 0.25) is 0 Å². The number of anilines is 1. The number of nitrogens with one attached hydrogen (secondary N) is 2. The lowest BCUT2D eigenvalue weighted by molar-refractivity contribution is -0.123. The van der Waals surface area contributed by atoms with Gasteiger partial charge in [-0.2, -0.15) is 0 Å². The van der Waals surface area contributed by atoms with E-state index in [9.17, 15) is 14.4 Å². The Balaban J connectivity index is 1.70. The third kappa shape index (κ3) is 7.47. The summed E-state index contributed by atoms with van der Waals surface area (Å²) in [5.41, 5.74) is 2.72. The molecule has 6 heteroatoms. The summed E-state index contributed by atoms with van der Waals surface area (Å²) in [5, 5.41) is 5.60. The Labute approximate surface area is 193 Å². The monoisotopic (exact) mass is 442 g/mol. The molecule has 0 aliphatic rings. The molecule has 33 heavy (non-hydrogen) atoms. The Hall–Kier alpha value is -4.19. The first-order valence-corrected chi connectivity index (χ1v) is 10.7. The van der Waals surface area contributed by atoms with Gasteiger partial charge in [0.05, 0.1) is 12.2 Å². The molecular formula is C27H26N2O4. The number of rotatable bonds is 9. The fourth-order valence-electron chi connectivity index (χ4n) is 3.15. The predicted octanol–water partition coefficient (Wildman–Crippen LogP) is 4.24. The van der Waals surface area contributed by atoms with E-state index in [0.717, 1.165) is 11.1 Å². The molecule has 3 aromatic rings. The number of esters is 1. The van der Waals surface area contributed by atoms with E-state index in [-0.39, 0.29) is 18.4 Å². The molecule has 0 radical (unpaired) electrons. The van der Waals surface area contributed by atoms with Gasteiger partial charge in [0.25, 0.3) is 0 Å². The van der Waals surface area contributed by atoms with Crippen LogP contribution >= 0.6 is 0 Å². The normalized spacial score (nSPS) is 11.5. The van der Waals surface area contributed by atoms with Crippen LogP contribution in [0, 0.1) is 0 Å². The maximum atomic E-state index is 13.0. The molecule has 0 bridgehead atoms. The molecule has 2 N–H and O–H groups in total. The maximum absolute atomic E-state index is 13.0. The molecule has 3 aromatic carbocycles. The van der Waals surface area contributed by atoms with Crippen LogP contribution < -0.4 is 10.6 Å². The van der Waals surface area contributed by atoms with E-state index >= 15 is 0 Å². The fraction of sp³-hybridized carbons (Fsp3) is 0.148. The van der Waals surface area contributed by atoms with Gasteiger partial charge in [0.2, 0.25) is 11.8 Å². The highest BCUT2D eigenvalue weighted by molar-refractivity contribution is 6.00. The highest BCUT2D eigenvalue weighted by Crippen LogP contribution is 2.12. The first-order valence-electron chi connectivity index (χ1n) is 10.7. The van der Waals surface area contributed by atoms with Gasteiger partial charge in [-0.25, -0.2) is 4.79 Å². The molecule has 1 atom stereocenters. The fourth-order valence-corrected chi connectivity index (χ4v) is 3.15. The summed E-state index contributed by atoms with van der Waals surface area (Å²) in [6, 6.07) is 24.5. The van der Waals surface area contributed by atoms with Crippen molar-refractivity contribution in [2.45, 2.75) is 19.4 Å². The molecular weight excluding hydrogens is 416 g/mol. The lowest BCUT2D eigenvalue weighted by atomic mass is 10.0. The van der Waals surface area contributed by atoms with E-state index in [1.54, 1.807) is 37.3 Å². The Bertz CT molecular complexity index is 1090. The van der Waals surface area contributed by atoms with Gasteiger partial charge < -0.3 is 15.4 Å². The molecule has 2 amide bonds. The van der Waals surface area contributed by atoms with Crippen LogP contribution in [-0.4, -0.2) is 30.4 Å². The van der Waals surface area contributed by atoms with Crippen molar-refractivity contribution in [3.8, 4) is 0 Å². The second-order valence-electron chi connectivity index (χ2n) is 7.28. The first kappa shape index (κ1) is 23.5. The minimum atomic E-state index is -0.787. The van der Waals surface area contributed by atoms with Crippen molar-refractivity contribution < 1.29 is 19.1 Å².